The first kappa shape index (κ1) is 25.0. The molecular weight excluding hydrogens is 474 g/mol. The van der Waals surface area contributed by atoms with E-state index in [2.05, 4.69) is 26.8 Å². The summed E-state index contributed by atoms with van der Waals surface area (Å²) in [6.45, 7) is 5.36. The zero-order chi connectivity index (χ0) is 25.2. The highest BCUT2D eigenvalue weighted by molar-refractivity contribution is 7.90. The lowest BCUT2D eigenvalue weighted by Crippen LogP contribution is -2.36. The van der Waals surface area contributed by atoms with Crippen LogP contribution in [0.25, 0.3) is 11.1 Å². The molecular formula is C25H28F2N4O3S. The molecule has 0 radical (unpaired) electrons. The molecule has 2 aromatic heterocycles. The molecule has 0 atom stereocenters. The van der Waals surface area contributed by atoms with E-state index in [1.165, 1.54) is 24.3 Å². The van der Waals surface area contributed by atoms with Crippen molar-refractivity contribution in [2.45, 2.75) is 38.1 Å². The fraction of sp³-hybridized carbons (Fsp3) is 0.400. The Morgan fingerprint density at radius 1 is 1.09 bits per heavy atom. The zero-order valence-electron chi connectivity index (χ0n) is 20.0. The fourth-order valence-corrected chi connectivity index (χ4v) is 4.72. The molecule has 0 aliphatic carbocycles. The summed E-state index contributed by atoms with van der Waals surface area (Å²) in [5.41, 5.74) is 2.16. The molecule has 0 amide bonds. The molecule has 1 aliphatic heterocycles. The number of rotatable bonds is 7. The van der Waals surface area contributed by atoms with Crippen molar-refractivity contribution < 1.29 is 21.9 Å². The summed E-state index contributed by atoms with van der Waals surface area (Å²) in [4.78, 5) is 15.0. The number of hydrogen-bond acceptors (Lipinski definition) is 7. The number of nitrogens with zero attached hydrogens (tertiary/aromatic N) is 4. The summed E-state index contributed by atoms with van der Waals surface area (Å²) in [7, 11) is -3.48. The first-order valence-electron chi connectivity index (χ1n) is 11.5. The molecule has 7 nitrogen and oxygen atoms in total. The average molecular weight is 503 g/mol. The minimum absolute atomic E-state index is 0.0877. The first-order chi connectivity index (χ1) is 16.7. The van der Waals surface area contributed by atoms with Gasteiger partial charge < -0.3 is 9.64 Å². The third kappa shape index (κ3) is 5.75. The highest BCUT2D eigenvalue weighted by atomic mass is 32.2. The number of aromatic nitrogens is 3. The van der Waals surface area contributed by atoms with Crippen molar-refractivity contribution in [2.24, 2.45) is 5.92 Å². The first-order valence-corrected chi connectivity index (χ1v) is 13.4. The number of pyridine rings is 1. The Morgan fingerprint density at radius 3 is 2.26 bits per heavy atom. The highest BCUT2D eigenvalue weighted by Gasteiger charge is 2.23. The number of anilines is 1. The topological polar surface area (TPSA) is 85.3 Å². The van der Waals surface area contributed by atoms with Crippen LogP contribution < -0.4 is 9.64 Å². The number of benzene rings is 1. The number of ether oxygens (including phenoxy) is 1. The van der Waals surface area contributed by atoms with E-state index in [1.54, 1.807) is 6.92 Å². The second-order valence-corrected chi connectivity index (χ2v) is 10.8. The molecule has 0 bridgehead atoms. The Kier molecular flexibility index (Phi) is 7.30. The van der Waals surface area contributed by atoms with Gasteiger partial charge in [0.15, 0.2) is 32.2 Å². The van der Waals surface area contributed by atoms with Gasteiger partial charge in [0, 0.05) is 43.0 Å². The van der Waals surface area contributed by atoms with Crippen LogP contribution in [0.3, 0.4) is 0 Å². The van der Waals surface area contributed by atoms with Crippen LogP contribution in [0.5, 0.6) is 5.75 Å². The van der Waals surface area contributed by atoms with Crippen LogP contribution in [0, 0.1) is 24.5 Å². The van der Waals surface area contributed by atoms with Crippen LogP contribution in [0.15, 0.2) is 41.7 Å². The van der Waals surface area contributed by atoms with Crippen molar-refractivity contribution in [3.63, 3.8) is 0 Å². The van der Waals surface area contributed by atoms with Crippen molar-refractivity contribution in [3.8, 4) is 16.9 Å². The molecule has 35 heavy (non-hydrogen) atoms. The van der Waals surface area contributed by atoms with Crippen LogP contribution in [0.4, 0.5) is 14.7 Å². The maximum atomic E-state index is 14.8. The highest BCUT2D eigenvalue weighted by Crippen LogP contribution is 2.32. The molecule has 0 saturated carbocycles. The van der Waals surface area contributed by atoms with E-state index in [0.717, 1.165) is 44.2 Å². The van der Waals surface area contributed by atoms with Gasteiger partial charge in [-0.25, -0.2) is 32.2 Å². The molecule has 1 fully saturated rings. The number of piperidine rings is 1. The van der Waals surface area contributed by atoms with Crippen molar-refractivity contribution in [1.82, 2.24) is 15.0 Å². The summed E-state index contributed by atoms with van der Waals surface area (Å²) in [6, 6.07) is 5.19. The van der Waals surface area contributed by atoms with Crippen molar-refractivity contribution >= 4 is 15.8 Å². The number of halogens is 2. The Balaban J connectivity index is 1.39. The second-order valence-electron chi connectivity index (χ2n) is 8.81. The number of sulfone groups is 1. The quantitative estimate of drug-likeness (QED) is 0.474. The predicted octanol–water partition coefficient (Wildman–Crippen LogP) is 4.39. The van der Waals surface area contributed by atoms with Crippen LogP contribution >= 0.6 is 0 Å². The van der Waals surface area contributed by atoms with Gasteiger partial charge in [0.25, 0.3) is 0 Å². The normalized spacial score (nSPS) is 14.8. The lowest BCUT2D eigenvalue weighted by Gasteiger charge is -2.31. The van der Waals surface area contributed by atoms with E-state index in [4.69, 9.17) is 4.74 Å². The van der Waals surface area contributed by atoms with Crippen molar-refractivity contribution in [1.29, 1.82) is 0 Å². The van der Waals surface area contributed by atoms with Crippen LogP contribution in [0.2, 0.25) is 0 Å². The third-order valence-corrected chi connectivity index (χ3v) is 7.20. The standard InChI is InChI=1S/C25H28F2N4O3S/c1-4-17-13-28-25(29-14-17)31-9-7-18(8-10-31)15-34-24-21(26)11-19(12-22(24)27)20-5-6-23(30-16(20)2)35(3,32)33/h5-6,11-14,18H,4,7-10,15H2,1-3H3. The largest absolute Gasteiger partial charge is 0.487 e. The summed E-state index contributed by atoms with van der Waals surface area (Å²) < 4.78 is 58.5. The fourth-order valence-electron chi connectivity index (χ4n) is 4.10. The van der Waals surface area contributed by atoms with E-state index in [-0.39, 0.29) is 23.1 Å². The summed E-state index contributed by atoms with van der Waals surface area (Å²) in [6.07, 6.45) is 7.23. The maximum Gasteiger partial charge on any atom is 0.225 e. The summed E-state index contributed by atoms with van der Waals surface area (Å²) >= 11 is 0. The molecule has 1 aromatic carbocycles. The molecule has 10 heteroatoms. The zero-order valence-corrected chi connectivity index (χ0v) is 20.8. The summed E-state index contributed by atoms with van der Waals surface area (Å²) in [5.74, 6) is -1.17. The van der Waals surface area contributed by atoms with Gasteiger partial charge in [-0.1, -0.05) is 6.92 Å². The molecule has 1 aliphatic rings. The maximum absolute atomic E-state index is 14.8. The van der Waals surface area contributed by atoms with Gasteiger partial charge in [0.2, 0.25) is 5.95 Å². The third-order valence-electron chi connectivity index (χ3n) is 6.21. The lowest BCUT2D eigenvalue weighted by atomic mass is 9.98. The Hall–Kier alpha value is -3.14. The van der Waals surface area contributed by atoms with Gasteiger partial charge in [-0.2, -0.15) is 0 Å². The lowest BCUT2D eigenvalue weighted by molar-refractivity contribution is 0.207. The van der Waals surface area contributed by atoms with Gasteiger partial charge in [0.05, 0.1) is 6.61 Å². The van der Waals surface area contributed by atoms with E-state index in [9.17, 15) is 17.2 Å². The summed E-state index contributed by atoms with van der Waals surface area (Å²) in [5, 5.41) is -0.0877. The smallest absolute Gasteiger partial charge is 0.225 e. The SMILES string of the molecule is CCc1cnc(N2CCC(COc3c(F)cc(-c4ccc(S(C)(=O)=O)nc4C)cc3F)CC2)nc1. The molecule has 4 rings (SSSR count). The number of aryl methyl sites for hydroxylation is 2. The second kappa shape index (κ2) is 10.2. The molecule has 0 unspecified atom stereocenters. The van der Waals surface area contributed by atoms with Gasteiger partial charge in [-0.3, -0.25) is 0 Å². The molecule has 0 spiro atoms. The Bertz CT molecular complexity index is 1290. The molecule has 3 heterocycles. The minimum atomic E-state index is -3.48. The van der Waals surface area contributed by atoms with Crippen LogP contribution in [-0.4, -0.2) is 49.3 Å². The Morgan fingerprint density at radius 2 is 1.71 bits per heavy atom. The molecule has 1 saturated heterocycles. The van der Waals surface area contributed by atoms with Gasteiger partial charge in [-0.05, 0) is 67.5 Å². The number of hydrogen-bond donors (Lipinski definition) is 0. The van der Waals surface area contributed by atoms with Crippen LogP contribution in [-0.2, 0) is 16.3 Å². The van der Waals surface area contributed by atoms with Gasteiger partial charge in [-0.15, -0.1) is 0 Å². The molecule has 0 N–H and O–H groups in total. The molecule has 186 valence electrons. The van der Waals surface area contributed by atoms with Crippen molar-refractivity contribution in [2.75, 3.05) is 30.9 Å². The predicted molar refractivity (Wildman–Crippen MR) is 129 cm³/mol. The van der Waals surface area contributed by atoms with E-state index in [1.807, 2.05) is 12.4 Å². The van der Waals surface area contributed by atoms with E-state index in [0.29, 0.717) is 17.2 Å². The van der Waals surface area contributed by atoms with Gasteiger partial charge in [0.1, 0.15) is 0 Å². The average Bonchev–Trinajstić information content (AvgIpc) is 2.83. The van der Waals surface area contributed by atoms with E-state index >= 15 is 0 Å². The molecule has 3 aromatic rings. The van der Waals surface area contributed by atoms with Crippen molar-refractivity contribution in [3.05, 3.63) is 59.6 Å². The van der Waals surface area contributed by atoms with E-state index < -0.39 is 27.2 Å². The Labute approximate surface area is 204 Å². The van der Waals surface area contributed by atoms with Crippen LogP contribution in [0.1, 0.15) is 31.0 Å². The monoisotopic (exact) mass is 502 g/mol. The van der Waals surface area contributed by atoms with Gasteiger partial charge >= 0.3 is 0 Å². The minimum Gasteiger partial charge on any atom is -0.487 e.